The Bertz CT molecular complexity index is 606. The molecule has 1 aromatic carbocycles. The van der Waals surface area contributed by atoms with Gasteiger partial charge in [-0.25, -0.2) is 0 Å². The number of ether oxygens (including phenoxy) is 1. The van der Waals surface area contributed by atoms with Crippen LogP contribution in [0.25, 0.3) is 0 Å². The van der Waals surface area contributed by atoms with E-state index in [1.54, 1.807) is 18.2 Å². The Morgan fingerprint density at radius 3 is 2.81 bits per heavy atom. The van der Waals surface area contributed by atoms with Crippen molar-refractivity contribution < 1.29 is 9.53 Å². The molecular weight excluding hydrogens is 266 g/mol. The largest absolute Gasteiger partial charge is 0.495 e. The number of nitrogens with two attached hydrogens (primary N) is 1. The number of rotatable bonds is 3. The summed E-state index contributed by atoms with van der Waals surface area (Å²) in [4.78, 5) is 12.6. The van der Waals surface area contributed by atoms with Crippen molar-refractivity contribution in [3.63, 3.8) is 0 Å². The molecule has 5 nitrogen and oxygen atoms in total. The highest BCUT2D eigenvalue weighted by Gasteiger charge is 2.49. The van der Waals surface area contributed by atoms with Crippen molar-refractivity contribution in [3.05, 3.63) is 23.8 Å². The van der Waals surface area contributed by atoms with Gasteiger partial charge < -0.3 is 15.8 Å². The lowest BCUT2D eigenvalue weighted by molar-refractivity contribution is -0.121. The average molecular weight is 285 g/mol. The molecule has 0 radical (unpaired) electrons. The van der Waals surface area contributed by atoms with Crippen LogP contribution in [-0.2, 0) is 4.79 Å². The molecule has 0 spiro atoms. The Morgan fingerprint density at radius 1 is 1.43 bits per heavy atom. The highest BCUT2D eigenvalue weighted by atomic mass is 16.5. The van der Waals surface area contributed by atoms with Crippen LogP contribution in [0, 0.1) is 29.1 Å². The second-order valence-corrected chi connectivity index (χ2v) is 5.92. The Labute approximate surface area is 124 Å². The standard InChI is InChI=1S/C16H19N3O2/c1-21-12-4-2-3-11(8-17)15(12)19-16(20)13-9-5-6-10(7-9)14(13)18/h2-4,9-10,13-14H,5-7,18H2,1H3,(H,19,20). The number of nitriles is 1. The van der Waals surface area contributed by atoms with Gasteiger partial charge in [0.15, 0.2) is 0 Å². The normalized spacial score (nSPS) is 30.0. The lowest BCUT2D eigenvalue weighted by atomic mass is 9.84. The smallest absolute Gasteiger partial charge is 0.229 e. The lowest BCUT2D eigenvalue weighted by Crippen LogP contribution is -2.42. The summed E-state index contributed by atoms with van der Waals surface area (Å²) in [6.07, 6.45) is 3.26. The van der Waals surface area contributed by atoms with E-state index in [-0.39, 0.29) is 17.9 Å². The monoisotopic (exact) mass is 285 g/mol. The second kappa shape index (κ2) is 5.38. The fourth-order valence-electron chi connectivity index (χ4n) is 3.85. The van der Waals surface area contributed by atoms with E-state index in [0.717, 1.165) is 19.3 Å². The topological polar surface area (TPSA) is 88.1 Å². The molecule has 21 heavy (non-hydrogen) atoms. The highest BCUT2D eigenvalue weighted by Crippen LogP contribution is 2.48. The maximum absolute atomic E-state index is 12.6. The fourth-order valence-corrected chi connectivity index (χ4v) is 3.85. The number of anilines is 1. The molecular formula is C16H19N3O2. The molecule has 0 saturated heterocycles. The van der Waals surface area contributed by atoms with Gasteiger partial charge in [0.2, 0.25) is 5.91 Å². The first-order chi connectivity index (χ1) is 10.2. The highest BCUT2D eigenvalue weighted by molar-refractivity contribution is 5.96. The molecule has 1 aromatic rings. The molecule has 2 saturated carbocycles. The Morgan fingerprint density at radius 2 is 2.19 bits per heavy atom. The number of methoxy groups -OCH3 is 1. The van der Waals surface area contributed by atoms with Crippen LogP contribution >= 0.6 is 0 Å². The molecule has 5 heteroatoms. The molecule has 1 amide bonds. The first kappa shape index (κ1) is 13.9. The van der Waals surface area contributed by atoms with Gasteiger partial charge in [-0.15, -0.1) is 0 Å². The van der Waals surface area contributed by atoms with Crippen LogP contribution in [0.5, 0.6) is 5.75 Å². The molecule has 2 aliphatic carbocycles. The van der Waals surface area contributed by atoms with Crippen molar-refractivity contribution >= 4 is 11.6 Å². The molecule has 2 aliphatic rings. The molecule has 0 heterocycles. The predicted molar refractivity (Wildman–Crippen MR) is 78.6 cm³/mol. The van der Waals surface area contributed by atoms with Crippen molar-refractivity contribution in [3.8, 4) is 11.8 Å². The second-order valence-electron chi connectivity index (χ2n) is 5.92. The third-order valence-corrected chi connectivity index (χ3v) is 4.90. The zero-order valence-electron chi connectivity index (χ0n) is 12.0. The molecule has 0 aliphatic heterocycles. The van der Waals surface area contributed by atoms with Crippen LogP contribution < -0.4 is 15.8 Å². The van der Waals surface area contributed by atoms with E-state index in [0.29, 0.717) is 28.8 Å². The summed E-state index contributed by atoms with van der Waals surface area (Å²) in [6.45, 7) is 0. The van der Waals surface area contributed by atoms with Gasteiger partial charge in [-0.05, 0) is 43.2 Å². The van der Waals surface area contributed by atoms with Gasteiger partial charge >= 0.3 is 0 Å². The molecule has 4 atom stereocenters. The van der Waals surface area contributed by atoms with Crippen LogP contribution in [-0.4, -0.2) is 19.1 Å². The predicted octanol–water partition coefficient (Wildman–Crippen LogP) is 1.88. The fraction of sp³-hybridized carbons (Fsp3) is 0.500. The average Bonchev–Trinajstić information content (AvgIpc) is 3.08. The third kappa shape index (κ3) is 2.26. The number of hydrogen-bond acceptors (Lipinski definition) is 4. The van der Waals surface area contributed by atoms with E-state index in [9.17, 15) is 10.1 Å². The van der Waals surface area contributed by atoms with Gasteiger partial charge in [-0.1, -0.05) is 6.07 Å². The number of benzene rings is 1. The minimum Gasteiger partial charge on any atom is -0.495 e. The summed E-state index contributed by atoms with van der Waals surface area (Å²) in [5, 5.41) is 12.1. The quantitative estimate of drug-likeness (QED) is 0.887. The van der Waals surface area contributed by atoms with Crippen LogP contribution in [0.1, 0.15) is 24.8 Å². The Balaban J connectivity index is 1.84. The maximum atomic E-state index is 12.6. The first-order valence-corrected chi connectivity index (χ1v) is 7.29. The molecule has 2 bridgehead atoms. The van der Waals surface area contributed by atoms with E-state index in [1.165, 1.54) is 7.11 Å². The van der Waals surface area contributed by atoms with Crippen molar-refractivity contribution in [1.29, 1.82) is 5.26 Å². The van der Waals surface area contributed by atoms with Crippen molar-refractivity contribution in [1.82, 2.24) is 0 Å². The number of nitrogens with one attached hydrogen (secondary N) is 1. The number of nitrogens with zero attached hydrogens (tertiary/aromatic N) is 1. The van der Waals surface area contributed by atoms with Crippen molar-refractivity contribution in [2.75, 3.05) is 12.4 Å². The zero-order chi connectivity index (χ0) is 15.0. The third-order valence-electron chi connectivity index (χ3n) is 4.90. The van der Waals surface area contributed by atoms with E-state index in [2.05, 4.69) is 11.4 Å². The Hall–Kier alpha value is -2.06. The molecule has 0 aromatic heterocycles. The van der Waals surface area contributed by atoms with Gasteiger partial charge in [0.05, 0.1) is 18.6 Å². The number of carbonyl (C=O) groups is 1. The number of para-hydroxylation sites is 1. The lowest BCUT2D eigenvalue weighted by Gasteiger charge is -2.27. The molecule has 2 fully saturated rings. The molecule has 3 N–H and O–H groups in total. The van der Waals surface area contributed by atoms with Gasteiger partial charge in [-0.2, -0.15) is 5.26 Å². The van der Waals surface area contributed by atoms with Crippen LogP contribution in [0.2, 0.25) is 0 Å². The minimum atomic E-state index is -0.153. The van der Waals surface area contributed by atoms with Gasteiger partial charge in [0.25, 0.3) is 0 Å². The number of amides is 1. The van der Waals surface area contributed by atoms with Gasteiger partial charge in [0.1, 0.15) is 17.5 Å². The number of hydrogen-bond donors (Lipinski definition) is 2. The SMILES string of the molecule is COc1cccc(C#N)c1NC(=O)C1C2CCC(C2)C1N. The molecule has 3 rings (SSSR count). The number of carbonyl (C=O) groups excluding carboxylic acids is 1. The first-order valence-electron chi connectivity index (χ1n) is 7.29. The minimum absolute atomic E-state index is 0.0657. The zero-order valence-corrected chi connectivity index (χ0v) is 12.0. The van der Waals surface area contributed by atoms with Crippen LogP contribution in [0.4, 0.5) is 5.69 Å². The summed E-state index contributed by atoms with van der Waals surface area (Å²) >= 11 is 0. The molecule has 110 valence electrons. The summed E-state index contributed by atoms with van der Waals surface area (Å²) in [6, 6.07) is 7.15. The summed E-state index contributed by atoms with van der Waals surface area (Å²) < 4.78 is 5.24. The molecule has 4 unspecified atom stereocenters. The summed E-state index contributed by atoms with van der Waals surface area (Å²) in [5.41, 5.74) is 7.05. The van der Waals surface area contributed by atoms with E-state index in [1.807, 2.05) is 0 Å². The maximum Gasteiger partial charge on any atom is 0.229 e. The van der Waals surface area contributed by atoms with E-state index < -0.39 is 0 Å². The van der Waals surface area contributed by atoms with Gasteiger partial charge in [-0.3, -0.25) is 4.79 Å². The van der Waals surface area contributed by atoms with Gasteiger partial charge in [0, 0.05) is 6.04 Å². The number of fused-ring (bicyclic) bond motifs is 2. The summed E-state index contributed by atoms with van der Waals surface area (Å²) in [7, 11) is 1.52. The summed E-state index contributed by atoms with van der Waals surface area (Å²) in [5.74, 6) is 1.11. The van der Waals surface area contributed by atoms with Crippen LogP contribution in [0.15, 0.2) is 18.2 Å². The Kier molecular flexibility index (Phi) is 3.56. The van der Waals surface area contributed by atoms with Crippen molar-refractivity contribution in [2.45, 2.75) is 25.3 Å². The van der Waals surface area contributed by atoms with Crippen LogP contribution in [0.3, 0.4) is 0 Å². The van der Waals surface area contributed by atoms with E-state index >= 15 is 0 Å². The van der Waals surface area contributed by atoms with Crippen molar-refractivity contribution in [2.24, 2.45) is 23.5 Å². The van der Waals surface area contributed by atoms with E-state index in [4.69, 9.17) is 10.5 Å².